The topological polar surface area (TPSA) is 21.3 Å². The Morgan fingerprint density at radius 3 is 2.80 bits per heavy atom. The van der Waals surface area contributed by atoms with Crippen LogP contribution in [0, 0.1) is 5.82 Å². The molecule has 0 atom stereocenters. The largest absolute Gasteiger partial charge is 0.492 e. The summed E-state index contributed by atoms with van der Waals surface area (Å²) in [6.45, 7) is 5.52. The normalized spacial score (nSPS) is 10.7. The fourth-order valence-corrected chi connectivity index (χ4v) is 1.44. The molecule has 0 aromatic heterocycles. The van der Waals surface area contributed by atoms with Gasteiger partial charge in [-0.15, -0.1) is 0 Å². The average molecular weight is 276 g/mol. The molecule has 0 fully saturated rings. The highest BCUT2D eigenvalue weighted by Gasteiger charge is 2.00. The molecule has 0 spiro atoms. The van der Waals surface area contributed by atoms with Crippen molar-refractivity contribution in [3.63, 3.8) is 0 Å². The van der Waals surface area contributed by atoms with Gasteiger partial charge in [-0.1, -0.05) is 13.8 Å². The van der Waals surface area contributed by atoms with Crippen molar-refractivity contribution >= 4 is 15.9 Å². The number of hydrogen-bond acceptors (Lipinski definition) is 2. The number of benzene rings is 1. The molecule has 15 heavy (non-hydrogen) atoms. The molecule has 0 heterocycles. The maximum atomic E-state index is 12.9. The molecule has 84 valence electrons. The summed E-state index contributed by atoms with van der Waals surface area (Å²) in [5.41, 5.74) is 0. The summed E-state index contributed by atoms with van der Waals surface area (Å²) in [6.07, 6.45) is 0. The first-order chi connectivity index (χ1) is 7.09. The number of halogens is 2. The first-order valence-electron chi connectivity index (χ1n) is 4.91. The molecule has 0 amide bonds. The molecule has 0 saturated heterocycles. The van der Waals surface area contributed by atoms with Crippen LogP contribution in [0.3, 0.4) is 0 Å². The fourth-order valence-electron chi connectivity index (χ4n) is 1.08. The number of rotatable bonds is 5. The van der Waals surface area contributed by atoms with Crippen molar-refractivity contribution < 1.29 is 9.13 Å². The smallest absolute Gasteiger partial charge is 0.137 e. The van der Waals surface area contributed by atoms with Gasteiger partial charge >= 0.3 is 0 Å². The van der Waals surface area contributed by atoms with Crippen LogP contribution < -0.4 is 10.1 Å². The van der Waals surface area contributed by atoms with Crippen LogP contribution in [0.1, 0.15) is 13.8 Å². The van der Waals surface area contributed by atoms with E-state index < -0.39 is 0 Å². The summed E-state index contributed by atoms with van der Waals surface area (Å²) < 4.78 is 18.7. The Labute approximate surface area is 98.0 Å². The second-order valence-electron chi connectivity index (χ2n) is 3.53. The van der Waals surface area contributed by atoms with Gasteiger partial charge in [-0.05, 0) is 34.1 Å². The molecule has 0 aliphatic rings. The van der Waals surface area contributed by atoms with Crippen molar-refractivity contribution in [2.24, 2.45) is 0 Å². The average Bonchev–Trinajstić information content (AvgIpc) is 2.18. The summed E-state index contributed by atoms with van der Waals surface area (Å²) in [4.78, 5) is 0. The highest BCUT2D eigenvalue weighted by atomic mass is 79.9. The Balaban J connectivity index is 2.35. The van der Waals surface area contributed by atoms with Crippen LogP contribution in [0.2, 0.25) is 0 Å². The minimum Gasteiger partial charge on any atom is -0.492 e. The van der Waals surface area contributed by atoms with E-state index in [4.69, 9.17) is 4.74 Å². The molecule has 0 radical (unpaired) electrons. The molecule has 0 saturated carbocycles. The zero-order chi connectivity index (χ0) is 11.3. The molecule has 1 N–H and O–H groups in total. The Hall–Kier alpha value is -0.610. The summed E-state index contributed by atoms with van der Waals surface area (Å²) in [5.74, 6) is 0.400. The lowest BCUT2D eigenvalue weighted by molar-refractivity contribution is 0.308. The van der Waals surface area contributed by atoms with Gasteiger partial charge in [0.1, 0.15) is 18.2 Å². The van der Waals surface area contributed by atoms with Crippen molar-refractivity contribution in [3.05, 3.63) is 28.5 Å². The van der Waals surface area contributed by atoms with Crippen molar-refractivity contribution in [3.8, 4) is 5.75 Å². The zero-order valence-corrected chi connectivity index (χ0v) is 10.5. The predicted octanol–water partition coefficient (Wildman–Crippen LogP) is 2.97. The molecule has 1 aromatic carbocycles. The van der Waals surface area contributed by atoms with Gasteiger partial charge in [0.15, 0.2) is 0 Å². The van der Waals surface area contributed by atoms with E-state index in [1.54, 1.807) is 12.1 Å². The van der Waals surface area contributed by atoms with Crippen LogP contribution in [0.5, 0.6) is 5.75 Å². The van der Waals surface area contributed by atoms with E-state index in [9.17, 15) is 4.39 Å². The number of ether oxygens (including phenoxy) is 1. The van der Waals surface area contributed by atoms with Gasteiger partial charge in [0.05, 0.1) is 4.47 Å². The third-order valence-corrected chi connectivity index (χ3v) is 2.42. The maximum Gasteiger partial charge on any atom is 0.137 e. The second-order valence-corrected chi connectivity index (χ2v) is 4.39. The van der Waals surface area contributed by atoms with Gasteiger partial charge in [-0.2, -0.15) is 0 Å². The summed E-state index contributed by atoms with van der Waals surface area (Å²) in [5, 5.41) is 3.23. The lowest BCUT2D eigenvalue weighted by Crippen LogP contribution is -2.27. The van der Waals surface area contributed by atoms with E-state index in [0.29, 0.717) is 22.9 Å². The standard InChI is InChI=1S/C11H15BrFNO/c1-8(2)14-5-6-15-9-3-4-11(13)10(12)7-9/h3-4,7-8,14H,5-6H2,1-2H3. The number of hydrogen-bond donors (Lipinski definition) is 1. The van der Waals surface area contributed by atoms with Crippen molar-refractivity contribution in [1.82, 2.24) is 5.32 Å². The van der Waals surface area contributed by atoms with Gasteiger partial charge in [0.25, 0.3) is 0 Å². The van der Waals surface area contributed by atoms with Gasteiger partial charge < -0.3 is 10.1 Å². The fraction of sp³-hybridized carbons (Fsp3) is 0.455. The van der Waals surface area contributed by atoms with Gasteiger partial charge in [0.2, 0.25) is 0 Å². The third-order valence-electron chi connectivity index (χ3n) is 1.81. The number of nitrogens with one attached hydrogen (secondary N) is 1. The molecule has 1 rings (SSSR count). The van der Waals surface area contributed by atoms with E-state index in [-0.39, 0.29) is 5.82 Å². The predicted molar refractivity (Wildman–Crippen MR) is 62.7 cm³/mol. The summed E-state index contributed by atoms with van der Waals surface area (Å²) >= 11 is 3.11. The summed E-state index contributed by atoms with van der Waals surface area (Å²) in [7, 11) is 0. The second kappa shape index (κ2) is 6.08. The maximum absolute atomic E-state index is 12.9. The van der Waals surface area contributed by atoms with Crippen LogP contribution >= 0.6 is 15.9 Å². The third kappa shape index (κ3) is 4.62. The summed E-state index contributed by atoms with van der Waals surface area (Å²) in [6, 6.07) is 5.09. The lowest BCUT2D eigenvalue weighted by Gasteiger charge is -2.09. The van der Waals surface area contributed by atoms with Crippen LogP contribution in [0.15, 0.2) is 22.7 Å². The highest BCUT2D eigenvalue weighted by molar-refractivity contribution is 9.10. The molecular weight excluding hydrogens is 261 g/mol. The molecule has 0 aliphatic heterocycles. The van der Waals surface area contributed by atoms with Crippen LogP contribution in [-0.4, -0.2) is 19.2 Å². The van der Waals surface area contributed by atoms with Gasteiger partial charge in [0, 0.05) is 12.6 Å². The minimum absolute atomic E-state index is 0.275. The SMILES string of the molecule is CC(C)NCCOc1ccc(F)c(Br)c1. The molecule has 1 aromatic rings. The lowest BCUT2D eigenvalue weighted by atomic mass is 10.3. The van der Waals surface area contributed by atoms with Crippen molar-refractivity contribution in [2.45, 2.75) is 19.9 Å². The van der Waals surface area contributed by atoms with E-state index in [2.05, 4.69) is 35.1 Å². The van der Waals surface area contributed by atoms with E-state index >= 15 is 0 Å². The zero-order valence-electron chi connectivity index (χ0n) is 8.89. The first kappa shape index (κ1) is 12.5. The monoisotopic (exact) mass is 275 g/mol. The Bertz CT molecular complexity index is 317. The molecule has 4 heteroatoms. The Kier molecular flexibility index (Phi) is 5.05. The van der Waals surface area contributed by atoms with E-state index in [1.807, 2.05) is 0 Å². The molecule has 0 unspecified atom stereocenters. The molecule has 0 aliphatic carbocycles. The quantitative estimate of drug-likeness (QED) is 0.835. The Morgan fingerprint density at radius 2 is 2.20 bits per heavy atom. The highest BCUT2D eigenvalue weighted by Crippen LogP contribution is 2.21. The van der Waals surface area contributed by atoms with Crippen LogP contribution in [-0.2, 0) is 0 Å². The van der Waals surface area contributed by atoms with Crippen LogP contribution in [0.25, 0.3) is 0 Å². The van der Waals surface area contributed by atoms with E-state index in [1.165, 1.54) is 6.07 Å². The minimum atomic E-state index is -0.275. The van der Waals surface area contributed by atoms with E-state index in [0.717, 1.165) is 6.54 Å². The molecule has 0 bridgehead atoms. The molecular formula is C11H15BrFNO. The first-order valence-corrected chi connectivity index (χ1v) is 5.70. The molecule has 2 nitrogen and oxygen atoms in total. The van der Waals surface area contributed by atoms with Gasteiger partial charge in [-0.25, -0.2) is 4.39 Å². The Morgan fingerprint density at radius 1 is 1.47 bits per heavy atom. The van der Waals surface area contributed by atoms with Gasteiger partial charge in [-0.3, -0.25) is 0 Å². The van der Waals surface area contributed by atoms with Crippen molar-refractivity contribution in [1.29, 1.82) is 0 Å². The van der Waals surface area contributed by atoms with Crippen molar-refractivity contribution in [2.75, 3.05) is 13.2 Å². The van der Waals surface area contributed by atoms with Crippen LogP contribution in [0.4, 0.5) is 4.39 Å².